The van der Waals surface area contributed by atoms with E-state index in [0.29, 0.717) is 47.4 Å². The molecule has 0 amide bonds. The van der Waals surface area contributed by atoms with Crippen molar-refractivity contribution in [3.05, 3.63) is 124 Å². The van der Waals surface area contributed by atoms with E-state index in [-0.39, 0.29) is 16.3 Å². The van der Waals surface area contributed by atoms with Crippen molar-refractivity contribution < 1.29 is 24.1 Å². The summed E-state index contributed by atoms with van der Waals surface area (Å²) in [6.45, 7) is 5.95. The van der Waals surface area contributed by atoms with Gasteiger partial charge in [-0.05, 0) is 91.5 Å². The van der Waals surface area contributed by atoms with Gasteiger partial charge in [0.05, 0.1) is 64.9 Å². The number of anilines is 2. The Morgan fingerprint density at radius 1 is 0.567 bits per heavy atom. The molecule has 0 spiro atoms. The Hall–Kier alpha value is -6.08. The molecule has 21 nitrogen and oxygen atoms in total. The zero-order valence-corrected chi connectivity index (χ0v) is 41.0. The molecule has 10 rings (SSSR count). The molecular formula is C41H39Br2Cl3N16O5. The van der Waals surface area contributed by atoms with Crippen LogP contribution in [0.25, 0.3) is 28.7 Å². The minimum atomic E-state index is -0.0449. The van der Waals surface area contributed by atoms with Crippen LogP contribution >= 0.6 is 66.7 Å². The van der Waals surface area contributed by atoms with E-state index < -0.39 is 0 Å². The third-order valence-corrected chi connectivity index (χ3v) is 11.1. The SMILES string of the molecule is Brc1cncn1-c1ccnc(N2CCOCC2)n1.COc1cc(-c2cncn2-c2ccnc(N3CCOCC3)n2)cc(OC)c1O.Clc1ccnc(Cl)n1.Clc1nccc(-n2cncc2Br)n1. The highest BCUT2D eigenvalue weighted by Crippen LogP contribution is 2.40. The number of rotatable bonds is 8. The summed E-state index contributed by atoms with van der Waals surface area (Å²) in [5.41, 5.74) is 1.55. The number of hydrogen-bond acceptors (Lipinski definition) is 18. The molecule has 8 aromatic rings. The Labute approximate surface area is 415 Å². The van der Waals surface area contributed by atoms with Crippen molar-refractivity contribution in [2.45, 2.75) is 0 Å². The van der Waals surface area contributed by atoms with E-state index in [1.807, 2.05) is 21.3 Å². The molecule has 0 unspecified atom stereocenters. The number of phenolic OH excluding ortho intramolecular Hbond substituents is 1. The van der Waals surface area contributed by atoms with E-state index in [1.54, 1.807) is 85.0 Å². The number of hydrogen-bond donors (Lipinski definition) is 1. The summed E-state index contributed by atoms with van der Waals surface area (Å²) in [5.74, 6) is 4.15. The number of halogens is 5. The van der Waals surface area contributed by atoms with Gasteiger partial charge in [-0.2, -0.15) is 15.0 Å². The van der Waals surface area contributed by atoms with Crippen LogP contribution in [0.3, 0.4) is 0 Å². The lowest BCUT2D eigenvalue weighted by Crippen LogP contribution is -2.37. The summed E-state index contributed by atoms with van der Waals surface area (Å²) in [6.07, 6.45) is 16.8. The highest BCUT2D eigenvalue weighted by molar-refractivity contribution is 9.10. The number of ether oxygens (including phenoxy) is 4. The monoisotopic (exact) mass is 1100 g/mol. The molecule has 9 heterocycles. The Balaban J connectivity index is 0.000000146. The zero-order valence-electron chi connectivity index (χ0n) is 35.5. The van der Waals surface area contributed by atoms with E-state index in [2.05, 4.69) is 91.5 Å². The fraction of sp³-hybridized carbons (Fsp3) is 0.244. The minimum Gasteiger partial charge on any atom is -0.502 e. The van der Waals surface area contributed by atoms with Crippen LogP contribution in [-0.2, 0) is 9.47 Å². The number of aromatic hydroxyl groups is 1. The van der Waals surface area contributed by atoms with Gasteiger partial charge in [0.25, 0.3) is 0 Å². The normalized spacial score (nSPS) is 13.3. The fourth-order valence-corrected chi connectivity index (χ4v) is 7.43. The summed E-state index contributed by atoms with van der Waals surface area (Å²) in [7, 11) is 2.99. The molecule has 1 N–H and O–H groups in total. The lowest BCUT2D eigenvalue weighted by molar-refractivity contribution is 0.122. The second-order valence-electron chi connectivity index (χ2n) is 13.5. The van der Waals surface area contributed by atoms with Crippen LogP contribution < -0.4 is 19.3 Å². The van der Waals surface area contributed by atoms with Crippen molar-refractivity contribution in [1.82, 2.24) is 68.5 Å². The van der Waals surface area contributed by atoms with Gasteiger partial charge in [-0.1, -0.05) is 11.6 Å². The first-order valence-corrected chi connectivity index (χ1v) is 22.6. The third-order valence-electron chi connectivity index (χ3n) is 9.39. The quantitative estimate of drug-likeness (QED) is 0.119. The molecule has 1 aromatic carbocycles. The molecule has 0 radical (unpaired) electrons. The standard InChI is InChI=1S/C19H21N5O4.C11H12BrN5O.C7H4BrClN4.C4H2Cl2N2/c1-26-15-9-13(10-16(27-2)18(15)25)14-11-20-12-24(14)17-3-4-21-19(22-17)23-5-7-28-8-6-23;12-9-7-13-8-17(9)10-1-2-14-11(15-10)16-3-5-18-6-4-16;8-5-3-10-4-13(5)6-1-2-11-7(9)12-6;5-3-1-2-7-4(6)8-3/h3-4,9-12,25H,5-8H2,1-2H3;1-2,7-8H,3-6H2;1-4H;1-2H. The molecule has 2 fully saturated rings. The van der Waals surface area contributed by atoms with Gasteiger partial charge < -0.3 is 33.9 Å². The molecule has 0 saturated carbocycles. The Morgan fingerprint density at radius 3 is 1.43 bits per heavy atom. The molecule has 348 valence electrons. The average Bonchev–Trinajstić information content (AvgIpc) is 4.15. The molecule has 2 saturated heterocycles. The molecule has 0 aliphatic carbocycles. The van der Waals surface area contributed by atoms with Crippen LogP contribution in [0.2, 0.25) is 15.7 Å². The van der Waals surface area contributed by atoms with Gasteiger partial charge in [-0.25, -0.2) is 39.9 Å². The maximum Gasteiger partial charge on any atom is 0.227 e. The summed E-state index contributed by atoms with van der Waals surface area (Å²) < 4.78 is 28.4. The molecule has 2 aliphatic rings. The minimum absolute atomic E-state index is 0.0449. The molecule has 67 heavy (non-hydrogen) atoms. The van der Waals surface area contributed by atoms with E-state index in [9.17, 15) is 5.11 Å². The van der Waals surface area contributed by atoms with Crippen molar-refractivity contribution in [2.75, 3.05) is 76.6 Å². The van der Waals surface area contributed by atoms with Gasteiger partial charge in [0, 0.05) is 56.5 Å². The first-order chi connectivity index (χ1) is 32.6. The first-order valence-electron chi connectivity index (χ1n) is 19.9. The van der Waals surface area contributed by atoms with Crippen LogP contribution in [0.15, 0.2) is 108 Å². The number of nitrogens with zero attached hydrogens (tertiary/aromatic N) is 16. The number of aromatic nitrogens is 14. The predicted molar refractivity (Wildman–Crippen MR) is 256 cm³/mol. The van der Waals surface area contributed by atoms with Gasteiger partial charge in [0.2, 0.25) is 28.2 Å². The number of phenols is 1. The maximum atomic E-state index is 10.2. The van der Waals surface area contributed by atoms with Gasteiger partial charge in [0.15, 0.2) is 11.5 Å². The highest BCUT2D eigenvalue weighted by atomic mass is 79.9. The van der Waals surface area contributed by atoms with E-state index in [0.717, 1.165) is 71.6 Å². The van der Waals surface area contributed by atoms with Crippen molar-refractivity contribution in [2.24, 2.45) is 0 Å². The van der Waals surface area contributed by atoms with Crippen molar-refractivity contribution in [1.29, 1.82) is 0 Å². The topological polar surface area (TPSA) is 220 Å². The fourth-order valence-electron chi connectivity index (χ4n) is 6.18. The van der Waals surface area contributed by atoms with Crippen molar-refractivity contribution in [3.63, 3.8) is 0 Å². The zero-order chi connectivity index (χ0) is 47.1. The number of imidazole rings is 3. The largest absolute Gasteiger partial charge is 0.502 e. The van der Waals surface area contributed by atoms with Crippen molar-refractivity contribution in [3.8, 4) is 46.0 Å². The molecule has 0 atom stereocenters. The van der Waals surface area contributed by atoms with Gasteiger partial charge in [-0.3, -0.25) is 13.7 Å². The molecule has 26 heteroatoms. The second-order valence-corrected chi connectivity index (χ2v) is 16.2. The highest BCUT2D eigenvalue weighted by Gasteiger charge is 2.19. The van der Waals surface area contributed by atoms with Crippen molar-refractivity contribution >= 4 is 78.6 Å². The maximum absolute atomic E-state index is 10.2. The summed E-state index contributed by atoms with van der Waals surface area (Å²) in [4.78, 5) is 49.5. The van der Waals surface area contributed by atoms with Gasteiger partial charge in [0.1, 0.15) is 50.8 Å². The van der Waals surface area contributed by atoms with Crippen LogP contribution in [0.4, 0.5) is 11.9 Å². The van der Waals surface area contributed by atoms with Gasteiger partial charge in [-0.15, -0.1) is 0 Å². The number of benzene rings is 1. The van der Waals surface area contributed by atoms with Crippen LogP contribution in [0.1, 0.15) is 0 Å². The molecule has 2 aliphatic heterocycles. The van der Waals surface area contributed by atoms with E-state index >= 15 is 0 Å². The summed E-state index contributed by atoms with van der Waals surface area (Å²) in [5, 5.41) is 10.9. The van der Waals surface area contributed by atoms with E-state index in [4.69, 9.17) is 58.7 Å². The van der Waals surface area contributed by atoms with E-state index in [1.165, 1.54) is 20.4 Å². The number of morpholine rings is 2. The lowest BCUT2D eigenvalue weighted by atomic mass is 10.1. The molecule has 0 bridgehead atoms. The third kappa shape index (κ3) is 13.1. The van der Waals surface area contributed by atoms with Crippen LogP contribution in [0, 0.1) is 0 Å². The molecule has 7 aromatic heterocycles. The van der Waals surface area contributed by atoms with Crippen LogP contribution in [0.5, 0.6) is 17.2 Å². The Bertz CT molecular complexity index is 2800. The summed E-state index contributed by atoms with van der Waals surface area (Å²) in [6, 6.07) is 10.5. The number of methoxy groups -OCH3 is 2. The lowest BCUT2D eigenvalue weighted by Gasteiger charge is -2.26. The Morgan fingerprint density at radius 2 is 1.00 bits per heavy atom. The smallest absolute Gasteiger partial charge is 0.227 e. The average molecular weight is 1100 g/mol. The predicted octanol–water partition coefficient (Wildman–Crippen LogP) is 7.01. The Kier molecular flexibility index (Phi) is 17.6. The summed E-state index contributed by atoms with van der Waals surface area (Å²) >= 11 is 23.1. The second kappa shape index (κ2) is 24.1. The van der Waals surface area contributed by atoms with Gasteiger partial charge >= 0.3 is 0 Å². The molecular weight excluding hydrogens is 1060 g/mol. The van der Waals surface area contributed by atoms with Crippen LogP contribution in [-0.4, -0.2) is 140 Å². The first kappa shape index (κ1) is 48.8.